The van der Waals surface area contributed by atoms with Crippen molar-refractivity contribution in [1.82, 2.24) is 10.3 Å². The molecule has 0 unspecified atom stereocenters. The number of pyridine rings is 1. The molecule has 5 heteroatoms. The first-order valence-corrected chi connectivity index (χ1v) is 5.75. The predicted octanol–water partition coefficient (Wildman–Crippen LogP) is 1.33. The van der Waals surface area contributed by atoms with Gasteiger partial charge in [0, 0.05) is 26.0 Å². The molecule has 0 aliphatic heterocycles. The largest absolute Gasteiger partial charge is 0.505 e. The van der Waals surface area contributed by atoms with Gasteiger partial charge in [-0.2, -0.15) is 0 Å². The molecule has 5 nitrogen and oxygen atoms in total. The number of ether oxygens (including phenoxy) is 1. The van der Waals surface area contributed by atoms with E-state index in [-0.39, 0.29) is 17.4 Å². The zero-order valence-electron chi connectivity index (χ0n) is 9.98. The number of amides is 1. The van der Waals surface area contributed by atoms with Gasteiger partial charge in [-0.3, -0.25) is 4.79 Å². The Morgan fingerprint density at radius 2 is 2.35 bits per heavy atom. The van der Waals surface area contributed by atoms with E-state index >= 15 is 0 Å². The molecule has 0 atom stereocenters. The summed E-state index contributed by atoms with van der Waals surface area (Å²) in [5.41, 5.74) is 0.0574. The monoisotopic (exact) mass is 238 g/mol. The van der Waals surface area contributed by atoms with Gasteiger partial charge in [0.15, 0.2) is 5.69 Å². The van der Waals surface area contributed by atoms with Gasteiger partial charge in [-0.05, 0) is 25.0 Å². The lowest BCUT2D eigenvalue weighted by Gasteiger charge is -2.06. The summed E-state index contributed by atoms with van der Waals surface area (Å²) in [7, 11) is 0. The standard InChI is InChI=1S/C12H18N2O3/c1-2-8-17-9-4-7-14-12(16)11-10(15)5-3-6-13-11/h3,5-6,15H,2,4,7-9H2,1H3,(H,14,16). The molecular weight excluding hydrogens is 220 g/mol. The van der Waals surface area contributed by atoms with E-state index in [4.69, 9.17) is 4.74 Å². The van der Waals surface area contributed by atoms with Gasteiger partial charge >= 0.3 is 0 Å². The zero-order valence-corrected chi connectivity index (χ0v) is 9.98. The first-order valence-electron chi connectivity index (χ1n) is 5.75. The maximum atomic E-state index is 11.6. The van der Waals surface area contributed by atoms with Crippen LogP contribution in [0.4, 0.5) is 0 Å². The Morgan fingerprint density at radius 3 is 3.06 bits per heavy atom. The van der Waals surface area contributed by atoms with E-state index < -0.39 is 0 Å². The molecule has 0 spiro atoms. The van der Waals surface area contributed by atoms with Crippen LogP contribution in [-0.2, 0) is 4.74 Å². The smallest absolute Gasteiger partial charge is 0.273 e. The Kier molecular flexibility index (Phi) is 6.03. The van der Waals surface area contributed by atoms with Gasteiger partial charge in [-0.15, -0.1) is 0 Å². The molecule has 2 N–H and O–H groups in total. The second kappa shape index (κ2) is 7.62. The third kappa shape index (κ3) is 4.82. The molecule has 1 rings (SSSR count). The van der Waals surface area contributed by atoms with Crippen LogP contribution in [-0.4, -0.2) is 35.8 Å². The highest BCUT2D eigenvalue weighted by Gasteiger charge is 2.10. The minimum Gasteiger partial charge on any atom is -0.505 e. The number of rotatable bonds is 7. The SMILES string of the molecule is CCCOCCCNC(=O)c1ncccc1O. The summed E-state index contributed by atoms with van der Waals surface area (Å²) in [6.45, 7) is 3.93. The minimum absolute atomic E-state index is 0.0574. The van der Waals surface area contributed by atoms with Crippen molar-refractivity contribution >= 4 is 5.91 Å². The molecule has 0 radical (unpaired) electrons. The van der Waals surface area contributed by atoms with Crippen LogP contribution in [0.15, 0.2) is 18.3 Å². The number of aromatic hydroxyl groups is 1. The van der Waals surface area contributed by atoms with Crippen molar-refractivity contribution in [2.24, 2.45) is 0 Å². The molecule has 0 saturated heterocycles. The Labute approximate surface area is 101 Å². The lowest BCUT2D eigenvalue weighted by Crippen LogP contribution is -2.26. The number of aromatic nitrogens is 1. The van der Waals surface area contributed by atoms with E-state index in [9.17, 15) is 9.90 Å². The molecule has 1 amide bonds. The molecule has 0 fully saturated rings. The normalized spacial score (nSPS) is 10.2. The maximum Gasteiger partial charge on any atom is 0.273 e. The molecule has 17 heavy (non-hydrogen) atoms. The molecule has 1 heterocycles. The molecule has 0 aromatic carbocycles. The fraction of sp³-hybridized carbons (Fsp3) is 0.500. The van der Waals surface area contributed by atoms with E-state index in [1.807, 2.05) is 6.92 Å². The van der Waals surface area contributed by atoms with Gasteiger partial charge in [0.05, 0.1) is 0 Å². The molecule has 0 aliphatic rings. The van der Waals surface area contributed by atoms with Crippen molar-refractivity contribution in [3.63, 3.8) is 0 Å². The second-order valence-corrected chi connectivity index (χ2v) is 3.59. The minimum atomic E-state index is -0.362. The third-order valence-corrected chi connectivity index (χ3v) is 2.10. The molecular formula is C12H18N2O3. The van der Waals surface area contributed by atoms with Crippen molar-refractivity contribution in [3.05, 3.63) is 24.0 Å². The summed E-state index contributed by atoms with van der Waals surface area (Å²) >= 11 is 0. The van der Waals surface area contributed by atoms with E-state index in [2.05, 4.69) is 10.3 Å². The lowest BCUT2D eigenvalue weighted by atomic mass is 10.3. The van der Waals surface area contributed by atoms with Gasteiger partial charge < -0.3 is 15.2 Å². The molecule has 1 aromatic rings. The van der Waals surface area contributed by atoms with Crippen molar-refractivity contribution in [1.29, 1.82) is 0 Å². The van der Waals surface area contributed by atoms with Crippen molar-refractivity contribution < 1.29 is 14.6 Å². The van der Waals surface area contributed by atoms with E-state index in [1.165, 1.54) is 12.3 Å². The summed E-state index contributed by atoms with van der Waals surface area (Å²) < 4.78 is 5.28. The van der Waals surface area contributed by atoms with Gasteiger partial charge in [0.25, 0.3) is 5.91 Å². The molecule has 94 valence electrons. The van der Waals surface area contributed by atoms with Crippen molar-refractivity contribution in [2.45, 2.75) is 19.8 Å². The predicted molar refractivity (Wildman–Crippen MR) is 64.0 cm³/mol. The van der Waals surface area contributed by atoms with Gasteiger partial charge in [-0.25, -0.2) is 4.98 Å². The molecule has 0 saturated carbocycles. The second-order valence-electron chi connectivity index (χ2n) is 3.59. The van der Waals surface area contributed by atoms with Gasteiger partial charge in [0.1, 0.15) is 5.75 Å². The topological polar surface area (TPSA) is 71.5 Å². The van der Waals surface area contributed by atoms with Crippen LogP contribution in [0.1, 0.15) is 30.3 Å². The highest BCUT2D eigenvalue weighted by molar-refractivity contribution is 5.94. The Balaban J connectivity index is 2.24. The fourth-order valence-corrected chi connectivity index (χ4v) is 1.28. The number of nitrogens with one attached hydrogen (secondary N) is 1. The third-order valence-electron chi connectivity index (χ3n) is 2.10. The molecule has 0 bridgehead atoms. The van der Waals surface area contributed by atoms with Crippen LogP contribution in [0, 0.1) is 0 Å². The van der Waals surface area contributed by atoms with E-state index in [0.717, 1.165) is 19.4 Å². The average molecular weight is 238 g/mol. The highest BCUT2D eigenvalue weighted by Crippen LogP contribution is 2.11. The van der Waals surface area contributed by atoms with Crippen LogP contribution in [0.3, 0.4) is 0 Å². The molecule has 1 aromatic heterocycles. The number of hydrogen-bond acceptors (Lipinski definition) is 4. The van der Waals surface area contributed by atoms with Gasteiger partial charge in [-0.1, -0.05) is 6.92 Å². The molecule has 0 aliphatic carbocycles. The van der Waals surface area contributed by atoms with E-state index in [0.29, 0.717) is 13.2 Å². The summed E-state index contributed by atoms with van der Waals surface area (Å²) in [6.07, 6.45) is 3.21. The number of nitrogens with zero attached hydrogens (tertiary/aromatic N) is 1. The summed E-state index contributed by atoms with van der Waals surface area (Å²) in [6, 6.07) is 3.01. The Hall–Kier alpha value is -1.62. The van der Waals surface area contributed by atoms with Crippen LogP contribution < -0.4 is 5.32 Å². The maximum absolute atomic E-state index is 11.6. The van der Waals surface area contributed by atoms with Crippen LogP contribution in [0.5, 0.6) is 5.75 Å². The van der Waals surface area contributed by atoms with Crippen LogP contribution >= 0.6 is 0 Å². The average Bonchev–Trinajstić information content (AvgIpc) is 2.34. The number of carbonyl (C=O) groups excluding carboxylic acids is 1. The van der Waals surface area contributed by atoms with Gasteiger partial charge in [0.2, 0.25) is 0 Å². The van der Waals surface area contributed by atoms with E-state index in [1.54, 1.807) is 6.07 Å². The zero-order chi connectivity index (χ0) is 12.5. The summed E-state index contributed by atoms with van der Waals surface area (Å²) in [5, 5.41) is 12.1. The first-order chi connectivity index (χ1) is 8.25. The van der Waals surface area contributed by atoms with Crippen LogP contribution in [0.2, 0.25) is 0 Å². The lowest BCUT2D eigenvalue weighted by molar-refractivity contribution is 0.0933. The summed E-state index contributed by atoms with van der Waals surface area (Å²) in [5.74, 6) is -0.467. The van der Waals surface area contributed by atoms with Crippen molar-refractivity contribution in [3.8, 4) is 5.75 Å². The van der Waals surface area contributed by atoms with Crippen molar-refractivity contribution in [2.75, 3.05) is 19.8 Å². The summed E-state index contributed by atoms with van der Waals surface area (Å²) in [4.78, 5) is 15.4. The quantitative estimate of drug-likeness (QED) is 0.703. The highest BCUT2D eigenvalue weighted by atomic mass is 16.5. The number of carbonyl (C=O) groups is 1. The first kappa shape index (κ1) is 13.4. The fourth-order valence-electron chi connectivity index (χ4n) is 1.28. The number of hydrogen-bond donors (Lipinski definition) is 2. The van der Waals surface area contributed by atoms with Crippen LogP contribution in [0.25, 0.3) is 0 Å². The Morgan fingerprint density at radius 1 is 1.53 bits per heavy atom. The Bertz CT molecular complexity index is 355.